The van der Waals surface area contributed by atoms with Crippen LogP contribution in [0.15, 0.2) is 0 Å². The van der Waals surface area contributed by atoms with Gasteiger partial charge in [0.2, 0.25) is 10.0 Å². The summed E-state index contributed by atoms with van der Waals surface area (Å²) in [5, 5.41) is 0. The summed E-state index contributed by atoms with van der Waals surface area (Å²) < 4.78 is 25.6. The Labute approximate surface area is 93.7 Å². The molecule has 0 aliphatic heterocycles. The predicted molar refractivity (Wildman–Crippen MR) is 63.3 cm³/mol. The maximum absolute atomic E-state index is 11.4. The Bertz CT molecular complexity index is 266. The monoisotopic (exact) mass is 233 g/mol. The lowest BCUT2D eigenvalue weighted by Gasteiger charge is -2.23. The van der Waals surface area contributed by atoms with Crippen molar-refractivity contribution < 1.29 is 8.42 Å². The summed E-state index contributed by atoms with van der Waals surface area (Å²) in [4.78, 5) is 0. The van der Waals surface area contributed by atoms with Crippen LogP contribution in [0.1, 0.15) is 52.4 Å². The molecule has 0 radical (unpaired) electrons. The van der Waals surface area contributed by atoms with Gasteiger partial charge < -0.3 is 0 Å². The van der Waals surface area contributed by atoms with E-state index in [-0.39, 0.29) is 11.8 Å². The zero-order valence-electron chi connectivity index (χ0n) is 9.83. The van der Waals surface area contributed by atoms with Gasteiger partial charge in [0.25, 0.3) is 0 Å². The highest BCUT2D eigenvalue weighted by atomic mass is 32.2. The molecule has 0 amide bonds. The van der Waals surface area contributed by atoms with Crippen molar-refractivity contribution in [1.29, 1.82) is 0 Å². The first-order chi connectivity index (χ1) is 7.05. The Hall–Kier alpha value is -0.0900. The Morgan fingerprint density at radius 3 is 2.20 bits per heavy atom. The highest BCUT2D eigenvalue weighted by Crippen LogP contribution is 2.25. The van der Waals surface area contributed by atoms with Crippen LogP contribution in [-0.2, 0) is 10.0 Å². The molecule has 0 unspecified atom stereocenters. The molecule has 1 aliphatic carbocycles. The van der Waals surface area contributed by atoms with Gasteiger partial charge in [0.1, 0.15) is 0 Å². The first kappa shape index (κ1) is 13.0. The van der Waals surface area contributed by atoms with Crippen molar-refractivity contribution >= 4 is 10.0 Å². The van der Waals surface area contributed by atoms with Crippen molar-refractivity contribution in [2.24, 2.45) is 5.92 Å². The topological polar surface area (TPSA) is 46.2 Å². The molecule has 1 N–H and O–H groups in total. The van der Waals surface area contributed by atoms with Crippen LogP contribution in [0.4, 0.5) is 0 Å². The smallest absolute Gasteiger partial charge is 0.211 e. The fraction of sp³-hybridized carbons (Fsp3) is 1.00. The standard InChI is InChI=1S/C11H23NO2S/c1-3-15(13,14)12-10(2)11-8-6-4-5-7-9-11/h10-12H,3-9H2,1-2H3/t10-/m0/s1. The number of hydrogen-bond donors (Lipinski definition) is 1. The first-order valence-electron chi connectivity index (χ1n) is 6.05. The van der Waals surface area contributed by atoms with Gasteiger partial charge in [0.15, 0.2) is 0 Å². The van der Waals surface area contributed by atoms with Gasteiger partial charge in [0, 0.05) is 6.04 Å². The van der Waals surface area contributed by atoms with E-state index < -0.39 is 10.0 Å². The lowest BCUT2D eigenvalue weighted by Crippen LogP contribution is -2.38. The summed E-state index contributed by atoms with van der Waals surface area (Å²) in [6, 6.07) is 0.105. The van der Waals surface area contributed by atoms with E-state index in [9.17, 15) is 8.42 Å². The molecule has 3 nitrogen and oxygen atoms in total. The molecular weight excluding hydrogens is 210 g/mol. The summed E-state index contributed by atoms with van der Waals surface area (Å²) in [6.07, 6.45) is 7.47. The summed E-state index contributed by atoms with van der Waals surface area (Å²) in [5.41, 5.74) is 0. The average Bonchev–Trinajstić information content (AvgIpc) is 2.45. The van der Waals surface area contributed by atoms with E-state index in [1.54, 1.807) is 6.92 Å². The zero-order valence-corrected chi connectivity index (χ0v) is 10.6. The van der Waals surface area contributed by atoms with E-state index in [4.69, 9.17) is 0 Å². The van der Waals surface area contributed by atoms with Crippen molar-refractivity contribution in [3.8, 4) is 0 Å². The van der Waals surface area contributed by atoms with Crippen LogP contribution >= 0.6 is 0 Å². The normalized spacial score (nSPS) is 22.3. The molecule has 90 valence electrons. The van der Waals surface area contributed by atoms with E-state index >= 15 is 0 Å². The highest BCUT2D eigenvalue weighted by molar-refractivity contribution is 7.89. The molecule has 1 atom stereocenters. The molecule has 0 aromatic carbocycles. The van der Waals surface area contributed by atoms with Crippen LogP contribution in [-0.4, -0.2) is 20.2 Å². The second-order valence-corrected chi connectivity index (χ2v) is 6.60. The van der Waals surface area contributed by atoms with E-state index in [0.717, 1.165) is 0 Å². The third kappa shape index (κ3) is 4.51. The third-order valence-electron chi connectivity index (χ3n) is 3.35. The summed E-state index contributed by atoms with van der Waals surface area (Å²) in [7, 11) is -3.03. The Balaban J connectivity index is 2.47. The number of sulfonamides is 1. The molecule has 0 bridgehead atoms. The summed E-state index contributed by atoms with van der Waals surface area (Å²) in [5.74, 6) is 0.721. The third-order valence-corrected chi connectivity index (χ3v) is 4.84. The van der Waals surface area contributed by atoms with Gasteiger partial charge in [-0.05, 0) is 32.6 Å². The summed E-state index contributed by atoms with van der Waals surface area (Å²) >= 11 is 0. The minimum absolute atomic E-state index is 0.105. The molecule has 15 heavy (non-hydrogen) atoms. The maximum Gasteiger partial charge on any atom is 0.211 e. The fourth-order valence-corrected chi connectivity index (χ4v) is 3.20. The SMILES string of the molecule is CCS(=O)(=O)N[C@@H](C)C1CCCCCC1. The number of nitrogens with one attached hydrogen (secondary N) is 1. The van der Waals surface area contributed by atoms with E-state index in [0.29, 0.717) is 5.92 Å². The molecule has 1 saturated carbocycles. The van der Waals surface area contributed by atoms with Crippen molar-refractivity contribution in [2.45, 2.75) is 58.4 Å². The van der Waals surface area contributed by atoms with Gasteiger partial charge in [-0.2, -0.15) is 0 Å². The number of hydrogen-bond acceptors (Lipinski definition) is 2. The van der Waals surface area contributed by atoms with Gasteiger partial charge >= 0.3 is 0 Å². The summed E-state index contributed by atoms with van der Waals surface area (Å²) in [6.45, 7) is 3.69. The minimum Gasteiger partial charge on any atom is -0.212 e. The molecule has 1 fully saturated rings. The Kier molecular flexibility index (Phi) is 5.06. The maximum atomic E-state index is 11.4. The molecule has 0 aromatic heterocycles. The molecule has 1 aliphatic rings. The average molecular weight is 233 g/mol. The van der Waals surface area contributed by atoms with Gasteiger partial charge in [-0.25, -0.2) is 13.1 Å². The lowest BCUT2D eigenvalue weighted by molar-refractivity contribution is 0.371. The molecule has 0 heterocycles. The highest BCUT2D eigenvalue weighted by Gasteiger charge is 2.22. The molecule has 0 aromatic rings. The molecule has 0 saturated heterocycles. The predicted octanol–water partition coefficient (Wildman–Crippen LogP) is 2.28. The lowest BCUT2D eigenvalue weighted by atomic mass is 9.94. The molecule has 0 spiro atoms. The van der Waals surface area contributed by atoms with Gasteiger partial charge in [0.05, 0.1) is 5.75 Å². The second kappa shape index (κ2) is 5.85. The van der Waals surface area contributed by atoms with Crippen LogP contribution in [0.5, 0.6) is 0 Å². The Morgan fingerprint density at radius 1 is 1.20 bits per heavy atom. The molecule has 1 rings (SSSR count). The number of rotatable bonds is 4. The fourth-order valence-electron chi connectivity index (χ4n) is 2.27. The largest absolute Gasteiger partial charge is 0.212 e. The van der Waals surface area contributed by atoms with Crippen molar-refractivity contribution in [3.05, 3.63) is 0 Å². The van der Waals surface area contributed by atoms with Crippen molar-refractivity contribution in [3.63, 3.8) is 0 Å². The van der Waals surface area contributed by atoms with Gasteiger partial charge in [-0.15, -0.1) is 0 Å². The van der Waals surface area contributed by atoms with Crippen molar-refractivity contribution in [2.75, 3.05) is 5.75 Å². The molecule has 4 heteroatoms. The molecular formula is C11H23NO2S. The first-order valence-corrected chi connectivity index (χ1v) is 7.70. The van der Waals surface area contributed by atoms with Gasteiger partial charge in [-0.1, -0.05) is 25.7 Å². The Morgan fingerprint density at radius 2 is 1.73 bits per heavy atom. The van der Waals surface area contributed by atoms with Crippen LogP contribution in [0.25, 0.3) is 0 Å². The van der Waals surface area contributed by atoms with Crippen LogP contribution in [0.3, 0.4) is 0 Å². The van der Waals surface area contributed by atoms with Gasteiger partial charge in [-0.3, -0.25) is 0 Å². The minimum atomic E-state index is -3.03. The van der Waals surface area contributed by atoms with Crippen molar-refractivity contribution in [1.82, 2.24) is 4.72 Å². The van der Waals surface area contributed by atoms with Crippen LogP contribution < -0.4 is 4.72 Å². The second-order valence-electron chi connectivity index (χ2n) is 4.56. The zero-order chi connectivity index (χ0) is 11.3. The van der Waals surface area contributed by atoms with E-state index in [1.807, 2.05) is 6.92 Å². The van der Waals surface area contributed by atoms with E-state index in [1.165, 1.54) is 38.5 Å². The van der Waals surface area contributed by atoms with Crippen LogP contribution in [0.2, 0.25) is 0 Å². The van der Waals surface area contributed by atoms with Crippen LogP contribution in [0, 0.1) is 5.92 Å². The quantitative estimate of drug-likeness (QED) is 0.757. The van der Waals surface area contributed by atoms with E-state index in [2.05, 4.69) is 4.72 Å².